The van der Waals surface area contributed by atoms with Crippen LogP contribution in [-0.4, -0.2) is 51.9 Å². The Labute approximate surface area is 172 Å². The summed E-state index contributed by atoms with van der Waals surface area (Å²) in [5.41, 5.74) is 5.84. The molecule has 4 N–H and O–H groups in total. The van der Waals surface area contributed by atoms with Gasteiger partial charge in [0, 0.05) is 37.3 Å². The molecule has 29 heavy (non-hydrogen) atoms. The molecule has 1 aromatic heterocycles. The summed E-state index contributed by atoms with van der Waals surface area (Å²) in [7, 11) is 0. The van der Waals surface area contributed by atoms with Crippen LogP contribution in [0.1, 0.15) is 74.6 Å². The third kappa shape index (κ3) is 4.79. The van der Waals surface area contributed by atoms with Gasteiger partial charge in [-0.15, -0.1) is 0 Å². The number of nitrogens with two attached hydrogens (primary N) is 1. The molecule has 0 bridgehead atoms. The van der Waals surface area contributed by atoms with Gasteiger partial charge in [0.2, 0.25) is 11.9 Å². The van der Waals surface area contributed by atoms with Crippen molar-refractivity contribution in [1.29, 1.82) is 0 Å². The van der Waals surface area contributed by atoms with Gasteiger partial charge in [0.1, 0.15) is 5.82 Å². The molecule has 8 heteroatoms. The molecule has 0 aromatic carbocycles. The zero-order valence-electron chi connectivity index (χ0n) is 17.0. The predicted octanol–water partition coefficient (Wildman–Crippen LogP) is 2.52. The number of hydrogen-bond donors (Lipinski definition) is 3. The number of nitrogens with one attached hydrogen (secondary N) is 2. The second-order valence-electron chi connectivity index (χ2n) is 8.67. The Balaban J connectivity index is 1.35. The molecule has 3 aliphatic rings. The van der Waals surface area contributed by atoms with Crippen molar-refractivity contribution in [3.05, 3.63) is 11.8 Å². The van der Waals surface area contributed by atoms with Gasteiger partial charge in [0.25, 0.3) is 5.91 Å². The number of amides is 2. The Bertz CT molecular complexity index is 737. The molecule has 0 radical (unpaired) electrons. The number of piperidine rings is 1. The zero-order valence-corrected chi connectivity index (χ0v) is 17.0. The van der Waals surface area contributed by atoms with Crippen LogP contribution in [0.3, 0.4) is 0 Å². The summed E-state index contributed by atoms with van der Waals surface area (Å²) in [6.07, 6.45) is 12.0. The number of anilines is 2. The first-order valence-electron chi connectivity index (χ1n) is 11.1. The van der Waals surface area contributed by atoms with Crippen LogP contribution in [0, 0.1) is 5.92 Å². The van der Waals surface area contributed by atoms with Gasteiger partial charge in [0.05, 0.1) is 5.56 Å². The number of hydrogen-bond acceptors (Lipinski definition) is 6. The molecular formula is C21H32N6O2. The molecule has 0 unspecified atom stereocenters. The molecular weight excluding hydrogens is 368 g/mol. The van der Waals surface area contributed by atoms with Crippen LogP contribution < -0.4 is 16.4 Å². The van der Waals surface area contributed by atoms with E-state index >= 15 is 0 Å². The van der Waals surface area contributed by atoms with Gasteiger partial charge in [-0.2, -0.15) is 4.98 Å². The van der Waals surface area contributed by atoms with Crippen molar-refractivity contribution in [3.8, 4) is 0 Å². The number of nitrogens with zero attached hydrogens (tertiary/aromatic N) is 3. The second kappa shape index (κ2) is 8.97. The maximum Gasteiger partial charge on any atom is 0.254 e. The zero-order chi connectivity index (χ0) is 20.2. The fourth-order valence-corrected chi connectivity index (χ4v) is 4.53. The van der Waals surface area contributed by atoms with Gasteiger partial charge in [-0.05, 0) is 64.2 Å². The summed E-state index contributed by atoms with van der Waals surface area (Å²) in [5, 5.41) is 6.72. The minimum Gasteiger partial charge on any atom is -0.367 e. The molecule has 0 spiro atoms. The molecule has 4 rings (SSSR count). The topological polar surface area (TPSA) is 113 Å². The van der Waals surface area contributed by atoms with Gasteiger partial charge >= 0.3 is 0 Å². The highest BCUT2D eigenvalue weighted by molar-refractivity contribution is 5.97. The molecule has 1 aliphatic heterocycles. The molecule has 2 heterocycles. The van der Waals surface area contributed by atoms with Crippen LogP contribution in [0.5, 0.6) is 0 Å². The van der Waals surface area contributed by atoms with Gasteiger partial charge in [-0.1, -0.05) is 0 Å². The first-order chi connectivity index (χ1) is 14.1. The summed E-state index contributed by atoms with van der Waals surface area (Å²) in [6, 6.07) is 0.600. The molecule has 1 saturated heterocycles. The van der Waals surface area contributed by atoms with Gasteiger partial charge in [-0.25, -0.2) is 4.98 Å². The quantitative estimate of drug-likeness (QED) is 0.676. The van der Waals surface area contributed by atoms with E-state index < -0.39 is 5.91 Å². The molecule has 2 amide bonds. The Kier molecular flexibility index (Phi) is 6.16. The van der Waals surface area contributed by atoms with Gasteiger partial charge in [-0.3, -0.25) is 9.59 Å². The SMILES string of the molecule is NC(=O)c1cnc(NC2CCC2)nc1NC1CCC(C(=O)N2CCCCC2)CC1. The summed E-state index contributed by atoms with van der Waals surface area (Å²) in [4.78, 5) is 35.4. The molecule has 3 fully saturated rings. The van der Waals surface area contributed by atoms with Crippen LogP contribution in [0.4, 0.5) is 11.8 Å². The fourth-order valence-electron chi connectivity index (χ4n) is 4.53. The number of primary amides is 1. The van der Waals surface area contributed by atoms with E-state index in [1.54, 1.807) is 0 Å². The van der Waals surface area contributed by atoms with E-state index in [9.17, 15) is 9.59 Å². The first kappa shape index (κ1) is 19.9. The highest BCUT2D eigenvalue weighted by atomic mass is 16.2. The average Bonchev–Trinajstić information content (AvgIpc) is 2.71. The van der Waals surface area contributed by atoms with Crippen molar-refractivity contribution < 1.29 is 9.59 Å². The standard InChI is InChI=1S/C21H32N6O2/c22-18(28)17-13-23-21(25-15-5-4-6-15)26-19(17)24-16-9-7-14(8-10-16)20(29)27-11-2-1-3-12-27/h13-16H,1-12H2,(H2,22,28)(H2,23,24,25,26). The van der Waals surface area contributed by atoms with Crippen molar-refractivity contribution in [1.82, 2.24) is 14.9 Å². The van der Waals surface area contributed by atoms with E-state index in [-0.39, 0.29) is 12.0 Å². The smallest absolute Gasteiger partial charge is 0.254 e. The van der Waals surface area contributed by atoms with E-state index in [1.165, 1.54) is 19.0 Å². The monoisotopic (exact) mass is 400 g/mol. The van der Waals surface area contributed by atoms with Crippen molar-refractivity contribution in [3.63, 3.8) is 0 Å². The van der Waals surface area contributed by atoms with Crippen LogP contribution in [0.2, 0.25) is 0 Å². The lowest BCUT2D eigenvalue weighted by Crippen LogP contribution is -2.42. The van der Waals surface area contributed by atoms with E-state index in [4.69, 9.17) is 5.73 Å². The van der Waals surface area contributed by atoms with E-state index in [2.05, 4.69) is 25.5 Å². The minimum absolute atomic E-state index is 0.128. The highest BCUT2D eigenvalue weighted by Gasteiger charge is 2.30. The fraction of sp³-hybridized carbons (Fsp3) is 0.714. The molecule has 1 aromatic rings. The lowest BCUT2D eigenvalue weighted by Gasteiger charge is -2.34. The number of aromatic nitrogens is 2. The number of carbonyl (C=O) groups excluding carboxylic acids is 2. The lowest BCUT2D eigenvalue weighted by atomic mass is 9.84. The van der Waals surface area contributed by atoms with Gasteiger partial charge in [0.15, 0.2) is 0 Å². The second-order valence-corrected chi connectivity index (χ2v) is 8.67. The van der Waals surface area contributed by atoms with E-state index in [0.717, 1.165) is 64.5 Å². The molecule has 2 saturated carbocycles. The Morgan fingerprint density at radius 3 is 2.24 bits per heavy atom. The van der Waals surface area contributed by atoms with Gasteiger partial charge < -0.3 is 21.3 Å². The summed E-state index contributed by atoms with van der Waals surface area (Å²) in [5.74, 6) is 0.964. The summed E-state index contributed by atoms with van der Waals surface area (Å²) in [6.45, 7) is 1.83. The largest absolute Gasteiger partial charge is 0.367 e. The van der Waals surface area contributed by atoms with Crippen LogP contribution in [0.25, 0.3) is 0 Å². The Hall–Kier alpha value is -2.38. The first-order valence-corrected chi connectivity index (χ1v) is 11.1. The van der Waals surface area contributed by atoms with Crippen LogP contribution in [0.15, 0.2) is 6.20 Å². The number of carbonyl (C=O) groups is 2. The summed E-state index contributed by atoms with van der Waals surface area (Å²) < 4.78 is 0. The van der Waals surface area contributed by atoms with Crippen LogP contribution in [-0.2, 0) is 4.79 Å². The average molecular weight is 401 g/mol. The van der Waals surface area contributed by atoms with E-state index in [0.29, 0.717) is 29.3 Å². The van der Waals surface area contributed by atoms with Crippen molar-refractivity contribution in [2.24, 2.45) is 11.7 Å². The molecule has 8 nitrogen and oxygen atoms in total. The maximum atomic E-state index is 12.8. The van der Waals surface area contributed by atoms with Crippen molar-refractivity contribution >= 4 is 23.6 Å². The van der Waals surface area contributed by atoms with Crippen molar-refractivity contribution in [2.75, 3.05) is 23.7 Å². The number of likely N-dealkylation sites (tertiary alicyclic amines) is 1. The Morgan fingerprint density at radius 1 is 0.931 bits per heavy atom. The van der Waals surface area contributed by atoms with Crippen LogP contribution >= 0.6 is 0 Å². The third-order valence-electron chi connectivity index (χ3n) is 6.58. The molecule has 0 atom stereocenters. The Morgan fingerprint density at radius 2 is 1.62 bits per heavy atom. The normalized spacial score (nSPS) is 25.2. The lowest BCUT2D eigenvalue weighted by molar-refractivity contribution is -0.137. The number of rotatable bonds is 6. The maximum absolute atomic E-state index is 12.8. The van der Waals surface area contributed by atoms with E-state index in [1.807, 2.05) is 0 Å². The third-order valence-corrected chi connectivity index (χ3v) is 6.58. The molecule has 2 aliphatic carbocycles. The predicted molar refractivity (Wildman–Crippen MR) is 112 cm³/mol. The highest BCUT2D eigenvalue weighted by Crippen LogP contribution is 2.30. The van der Waals surface area contributed by atoms with Crippen molar-refractivity contribution in [2.45, 2.75) is 76.3 Å². The molecule has 158 valence electrons. The summed E-state index contributed by atoms with van der Waals surface area (Å²) >= 11 is 0. The minimum atomic E-state index is -0.531.